The Hall–Kier alpha value is -1.91. The summed E-state index contributed by atoms with van der Waals surface area (Å²) in [6.07, 6.45) is 4.03. The highest BCUT2D eigenvalue weighted by molar-refractivity contribution is 7.90. The van der Waals surface area contributed by atoms with E-state index in [0.717, 1.165) is 25.7 Å². The third-order valence-corrected chi connectivity index (χ3v) is 4.68. The first-order valence-corrected chi connectivity index (χ1v) is 8.17. The number of carbonyl (C=O) groups is 1. The molecule has 0 unspecified atom stereocenters. The number of amides is 1. The maximum Gasteiger partial charge on any atom is 0.264 e. The molecule has 0 radical (unpaired) electrons. The number of hydrogen-bond donors (Lipinski definition) is 1. The summed E-state index contributed by atoms with van der Waals surface area (Å²) in [6.45, 7) is -0.264. The van der Waals surface area contributed by atoms with E-state index in [2.05, 4.69) is 0 Å². The highest BCUT2D eigenvalue weighted by Crippen LogP contribution is 2.20. The summed E-state index contributed by atoms with van der Waals surface area (Å²) in [7, 11) is -3.92. The fourth-order valence-electron chi connectivity index (χ4n) is 2.20. The molecule has 1 amide bonds. The van der Waals surface area contributed by atoms with E-state index in [0.29, 0.717) is 5.56 Å². The molecule has 1 aliphatic rings. The number of nitrogens with one attached hydrogen (secondary N) is 1. The second-order valence-corrected chi connectivity index (χ2v) is 6.56. The zero-order valence-corrected chi connectivity index (χ0v) is 12.2. The topological polar surface area (TPSA) is 96.3 Å². The Morgan fingerprint density at radius 3 is 2.48 bits per heavy atom. The lowest BCUT2D eigenvalue weighted by Crippen LogP contribution is -2.34. The van der Waals surface area contributed by atoms with Gasteiger partial charge in [-0.2, -0.15) is 5.26 Å². The van der Waals surface area contributed by atoms with Gasteiger partial charge in [-0.15, -0.1) is 0 Å². The molecule has 0 atom stereocenters. The fraction of sp³-hybridized carbons (Fsp3) is 0.429. The Balaban J connectivity index is 1.92. The number of carbonyl (C=O) groups excluding carboxylic acids is 1. The highest BCUT2D eigenvalue weighted by Gasteiger charge is 2.20. The Morgan fingerprint density at radius 2 is 1.90 bits per heavy atom. The molecular formula is C14H16N2O4S. The van der Waals surface area contributed by atoms with Crippen LogP contribution >= 0.6 is 0 Å². The third kappa shape index (κ3) is 4.28. The molecule has 6 nitrogen and oxygen atoms in total. The molecule has 0 aromatic heterocycles. The quantitative estimate of drug-likeness (QED) is 0.885. The van der Waals surface area contributed by atoms with E-state index >= 15 is 0 Å². The summed E-state index contributed by atoms with van der Waals surface area (Å²) in [5.74, 6) is -0.689. The van der Waals surface area contributed by atoms with E-state index in [1.54, 1.807) is 0 Å². The molecular weight excluding hydrogens is 292 g/mol. The van der Waals surface area contributed by atoms with Crippen LogP contribution in [0.4, 0.5) is 0 Å². The van der Waals surface area contributed by atoms with E-state index in [1.165, 1.54) is 24.3 Å². The predicted octanol–water partition coefficient (Wildman–Crippen LogP) is 1.32. The predicted molar refractivity (Wildman–Crippen MR) is 74.7 cm³/mol. The summed E-state index contributed by atoms with van der Waals surface area (Å²) in [5.41, 5.74) is 0.352. The Bertz CT molecular complexity index is 641. The summed E-state index contributed by atoms with van der Waals surface area (Å²) >= 11 is 0. The van der Waals surface area contributed by atoms with Gasteiger partial charge in [-0.1, -0.05) is 12.8 Å². The minimum absolute atomic E-state index is 0.0494. The second-order valence-electron chi connectivity index (χ2n) is 4.88. The molecule has 0 bridgehead atoms. The van der Waals surface area contributed by atoms with Gasteiger partial charge in [0, 0.05) is 0 Å². The maximum absolute atomic E-state index is 12.0. The molecule has 0 aliphatic heterocycles. The van der Waals surface area contributed by atoms with E-state index < -0.39 is 15.9 Å². The van der Waals surface area contributed by atoms with Crippen molar-refractivity contribution >= 4 is 15.9 Å². The molecule has 7 heteroatoms. The van der Waals surface area contributed by atoms with Crippen LogP contribution in [0.2, 0.25) is 0 Å². The van der Waals surface area contributed by atoms with Crippen LogP contribution < -0.4 is 4.72 Å². The number of rotatable bonds is 5. The molecule has 1 N–H and O–H groups in total. The van der Waals surface area contributed by atoms with Crippen molar-refractivity contribution in [2.75, 3.05) is 6.61 Å². The molecule has 0 spiro atoms. The van der Waals surface area contributed by atoms with Crippen LogP contribution in [0, 0.1) is 11.3 Å². The number of nitriles is 1. The number of ether oxygens (including phenoxy) is 1. The fourth-order valence-corrected chi connectivity index (χ4v) is 3.17. The van der Waals surface area contributed by atoms with Crippen LogP contribution in [-0.2, 0) is 19.6 Å². The van der Waals surface area contributed by atoms with Gasteiger partial charge < -0.3 is 4.74 Å². The SMILES string of the molecule is N#Cc1ccc(S(=O)(=O)NC(=O)COC2CCCC2)cc1. The largest absolute Gasteiger partial charge is 0.368 e. The number of sulfonamides is 1. The zero-order valence-electron chi connectivity index (χ0n) is 11.4. The average Bonchev–Trinajstić information content (AvgIpc) is 2.98. The smallest absolute Gasteiger partial charge is 0.264 e. The van der Waals surface area contributed by atoms with Gasteiger partial charge in [-0.3, -0.25) is 4.79 Å². The molecule has 21 heavy (non-hydrogen) atoms. The van der Waals surface area contributed by atoms with Gasteiger partial charge in [0.15, 0.2) is 0 Å². The monoisotopic (exact) mass is 308 g/mol. The van der Waals surface area contributed by atoms with Crippen molar-refractivity contribution in [3.05, 3.63) is 29.8 Å². The first-order chi connectivity index (χ1) is 10.0. The van der Waals surface area contributed by atoms with Crippen LogP contribution in [0.5, 0.6) is 0 Å². The van der Waals surface area contributed by atoms with E-state index in [9.17, 15) is 13.2 Å². The first kappa shape index (κ1) is 15.5. The van der Waals surface area contributed by atoms with Crippen LogP contribution in [-0.4, -0.2) is 27.0 Å². The highest BCUT2D eigenvalue weighted by atomic mass is 32.2. The zero-order chi connectivity index (χ0) is 15.3. The van der Waals surface area contributed by atoms with Gasteiger partial charge in [-0.25, -0.2) is 13.1 Å². The van der Waals surface area contributed by atoms with Crippen molar-refractivity contribution in [2.24, 2.45) is 0 Å². The molecule has 1 aromatic rings. The number of hydrogen-bond acceptors (Lipinski definition) is 5. The van der Waals surface area contributed by atoms with Gasteiger partial charge >= 0.3 is 0 Å². The van der Waals surface area contributed by atoms with E-state index in [1.807, 2.05) is 10.8 Å². The van der Waals surface area contributed by atoms with Gasteiger partial charge in [0.05, 0.1) is 22.6 Å². The van der Waals surface area contributed by atoms with Crippen molar-refractivity contribution in [3.8, 4) is 6.07 Å². The maximum atomic E-state index is 12.0. The van der Waals surface area contributed by atoms with Crippen LogP contribution in [0.3, 0.4) is 0 Å². The molecule has 1 aliphatic carbocycles. The standard InChI is InChI=1S/C14H16N2O4S/c15-9-11-5-7-13(8-6-11)21(18,19)16-14(17)10-20-12-3-1-2-4-12/h5-8,12H,1-4,10H2,(H,16,17). The summed E-state index contributed by atoms with van der Waals surface area (Å²) in [4.78, 5) is 11.6. The Morgan fingerprint density at radius 1 is 1.29 bits per heavy atom. The van der Waals surface area contributed by atoms with Gasteiger partial charge in [-0.05, 0) is 37.1 Å². The van der Waals surface area contributed by atoms with Gasteiger partial charge in [0.2, 0.25) is 0 Å². The van der Waals surface area contributed by atoms with Gasteiger partial charge in [0.25, 0.3) is 15.9 Å². The van der Waals surface area contributed by atoms with Crippen LogP contribution in [0.15, 0.2) is 29.2 Å². The minimum atomic E-state index is -3.92. The Kier molecular flexibility index (Phi) is 4.94. The third-order valence-electron chi connectivity index (χ3n) is 3.29. The first-order valence-electron chi connectivity index (χ1n) is 6.69. The molecule has 2 rings (SSSR count). The normalized spacial score (nSPS) is 15.6. The minimum Gasteiger partial charge on any atom is -0.368 e. The van der Waals surface area contributed by atoms with Crippen molar-refractivity contribution in [2.45, 2.75) is 36.7 Å². The molecule has 112 valence electrons. The van der Waals surface area contributed by atoms with Crippen LogP contribution in [0.25, 0.3) is 0 Å². The van der Waals surface area contributed by atoms with E-state index in [4.69, 9.17) is 10.00 Å². The van der Waals surface area contributed by atoms with Crippen molar-refractivity contribution < 1.29 is 17.9 Å². The summed E-state index contributed by atoms with van der Waals surface area (Å²) < 4.78 is 31.3. The lowest BCUT2D eigenvalue weighted by atomic mass is 10.2. The number of benzene rings is 1. The van der Waals surface area contributed by atoms with E-state index in [-0.39, 0.29) is 17.6 Å². The lowest BCUT2D eigenvalue weighted by Gasteiger charge is -2.11. The average molecular weight is 308 g/mol. The molecule has 1 aromatic carbocycles. The van der Waals surface area contributed by atoms with Crippen molar-refractivity contribution in [1.82, 2.24) is 4.72 Å². The van der Waals surface area contributed by atoms with Crippen molar-refractivity contribution in [3.63, 3.8) is 0 Å². The molecule has 1 saturated carbocycles. The Labute approximate surface area is 123 Å². The van der Waals surface area contributed by atoms with Gasteiger partial charge in [0.1, 0.15) is 6.61 Å². The molecule has 1 fully saturated rings. The van der Waals surface area contributed by atoms with Crippen LogP contribution in [0.1, 0.15) is 31.2 Å². The number of nitrogens with zero attached hydrogens (tertiary/aromatic N) is 1. The molecule has 0 heterocycles. The summed E-state index contributed by atoms with van der Waals surface area (Å²) in [5, 5.41) is 8.66. The van der Waals surface area contributed by atoms with Crippen molar-refractivity contribution in [1.29, 1.82) is 5.26 Å². The second kappa shape index (κ2) is 6.70. The summed E-state index contributed by atoms with van der Waals surface area (Å²) in [6, 6.07) is 7.23. The lowest BCUT2D eigenvalue weighted by molar-refractivity contribution is -0.125. The molecule has 0 saturated heterocycles.